The molecular weight excluding hydrogens is 553 g/mol. The molecule has 4 rings (SSSR count). The molecule has 0 radical (unpaired) electrons. The summed E-state index contributed by atoms with van der Waals surface area (Å²) in [5.74, 6) is 0.927. The molecule has 0 aromatic heterocycles. The molecule has 0 saturated carbocycles. The molecule has 0 spiro atoms. The summed E-state index contributed by atoms with van der Waals surface area (Å²) in [6.45, 7) is 3.84. The lowest BCUT2D eigenvalue weighted by molar-refractivity contribution is 0.261. The van der Waals surface area contributed by atoms with Gasteiger partial charge >= 0.3 is 0 Å². The van der Waals surface area contributed by atoms with Crippen molar-refractivity contribution < 1.29 is 4.74 Å². The summed E-state index contributed by atoms with van der Waals surface area (Å²) in [6.07, 6.45) is 13.1. The quantitative estimate of drug-likeness (QED) is 0.0599. The van der Waals surface area contributed by atoms with Gasteiger partial charge in [-0.1, -0.05) is 144 Å². The number of aryl methyl sites for hydroxylation is 1. The molecule has 0 saturated heterocycles. The molecular formula is C41H52NOP. The highest BCUT2D eigenvalue weighted by Gasteiger charge is 2.14. The second-order valence-corrected chi connectivity index (χ2v) is 13.5. The maximum absolute atomic E-state index is 6.01. The van der Waals surface area contributed by atoms with Crippen LogP contribution in [0, 0.1) is 6.92 Å². The highest BCUT2D eigenvalue weighted by atomic mass is 31.1. The fraction of sp³-hybridized carbons (Fsp3) is 0.366. The molecule has 4 aromatic rings. The first-order valence-electron chi connectivity index (χ1n) is 16.6. The molecule has 0 aliphatic carbocycles. The summed E-state index contributed by atoms with van der Waals surface area (Å²) in [4.78, 5) is 2.14. The maximum atomic E-state index is 6.01. The van der Waals surface area contributed by atoms with Gasteiger partial charge in [0.25, 0.3) is 0 Å². The van der Waals surface area contributed by atoms with E-state index in [2.05, 4.69) is 135 Å². The number of nitrogens with zero attached hydrogens (tertiary/aromatic N) is 1. The highest BCUT2D eigenvalue weighted by Crippen LogP contribution is 2.36. The highest BCUT2D eigenvalue weighted by molar-refractivity contribution is 7.47. The van der Waals surface area contributed by atoms with E-state index in [9.17, 15) is 0 Å². The number of ether oxygens (including phenoxy) is 1. The van der Waals surface area contributed by atoms with E-state index in [0.717, 1.165) is 27.3 Å². The Balaban J connectivity index is 1.33. The molecule has 232 valence electrons. The summed E-state index contributed by atoms with van der Waals surface area (Å²) in [5, 5.41) is 1.55. The van der Waals surface area contributed by atoms with Crippen LogP contribution in [-0.4, -0.2) is 38.3 Å². The summed E-state index contributed by atoms with van der Waals surface area (Å²) in [6, 6.07) is 39.5. The number of unbranched alkanes of at least 4 members (excludes halogenated alkanes) is 7. The SMILES string of the molecule is Cc1ccccc1PCCCCCCCCCC/C(=C(\c1ccccc1)c1ccc(OCCN(C)C)cc1)c1ccccc1. The Hall–Kier alpha value is -3.19. The average molecular weight is 606 g/mol. The molecule has 0 amide bonds. The van der Waals surface area contributed by atoms with Crippen LogP contribution >= 0.6 is 8.58 Å². The fourth-order valence-electron chi connectivity index (χ4n) is 5.72. The molecule has 44 heavy (non-hydrogen) atoms. The lowest BCUT2D eigenvalue weighted by Gasteiger charge is -2.18. The fourth-order valence-corrected chi connectivity index (χ4v) is 6.99. The minimum atomic E-state index is 0.692. The van der Waals surface area contributed by atoms with Crippen molar-refractivity contribution in [3.63, 3.8) is 0 Å². The molecule has 0 fully saturated rings. The van der Waals surface area contributed by atoms with E-state index in [1.165, 1.54) is 90.9 Å². The van der Waals surface area contributed by atoms with Gasteiger partial charge in [0, 0.05) is 6.54 Å². The normalized spacial score (nSPS) is 12.2. The molecule has 0 N–H and O–H groups in total. The van der Waals surface area contributed by atoms with Crippen LogP contribution in [0.15, 0.2) is 109 Å². The van der Waals surface area contributed by atoms with E-state index in [4.69, 9.17) is 4.74 Å². The molecule has 1 atom stereocenters. The monoisotopic (exact) mass is 605 g/mol. The third-order valence-electron chi connectivity index (χ3n) is 8.25. The van der Waals surface area contributed by atoms with E-state index >= 15 is 0 Å². The van der Waals surface area contributed by atoms with E-state index in [1.807, 2.05) is 0 Å². The van der Waals surface area contributed by atoms with Crippen molar-refractivity contribution in [2.45, 2.75) is 64.7 Å². The Morgan fingerprint density at radius 1 is 0.591 bits per heavy atom. The summed E-state index contributed by atoms with van der Waals surface area (Å²) in [5.41, 5.74) is 8.07. The van der Waals surface area contributed by atoms with E-state index in [1.54, 1.807) is 5.30 Å². The molecule has 4 aromatic carbocycles. The molecule has 0 aliphatic rings. The first-order valence-corrected chi connectivity index (χ1v) is 17.8. The second kappa shape index (κ2) is 19.3. The van der Waals surface area contributed by atoms with Crippen LogP contribution in [0.2, 0.25) is 0 Å². The van der Waals surface area contributed by atoms with Crippen molar-refractivity contribution in [2.24, 2.45) is 0 Å². The maximum Gasteiger partial charge on any atom is 0.119 e. The van der Waals surface area contributed by atoms with Gasteiger partial charge in [-0.3, -0.25) is 0 Å². The van der Waals surface area contributed by atoms with Crippen molar-refractivity contribution in [1.29, 1.82) is 0 Å². The van der Waals surface area contributed by atoms with Crippen LogP contribution in [0.4, 0.5) is 0 Å². The number of hydrogen-bond donors (Lipinski definition) is 0. The number of benzene rings is 4. The van der Waals surface area contributed by atoms with Crippen molar-refractivity contribution in [3.8, 4) is 5.75 Å². The summed E-state index contributed by atoms with van der Waals surface area (Å²) >= 11 is 0. The molecule has 0 aliphatic heterocycles. The van der Waals surface area contributed by atoms with E-state index in [0.29, 0.717) is 6.61 Å². The predicted octanol–water partition coefficient (Wildman–Crippen LogP) is 10.4. The molecule has 0 bridgehead atoms. The lowest BCUT2D eigenvalue weighted by atomic mass is 9.86. The number of allylic oxidation sites excluding steroid dienone is 1. The molecule has 2 nitrogen and oxygen atoms in total. The van der Waals surface area contributed by atoms with E-state index < -0.39 is 0 Å². The lowest BCUT2D eigenvalue weighted by Crippen LogP contribution is -2.19. The Labute approximate surface area is 269 Å². The third-order valence-corrected chi connectivity index (χ3v) is 9.80. The number of hydrogen-bond acceptors (Lipinski definition) is 2. The predicted molar refractivity (Wildman–Crippen MR) is 195 cm³/mol. The Bertz CT molecular complexity index is 1380. The number of rotatable bonds is 19. The zero-order valence-corrected chi connectivity index (χ0v) is 28.2. The van der Waals surface area contributed by atoms with Crippen molar-refractivity contribution in [3.05, 3.63) is 131 Å². The third kappa shape index (κ3) is 11.4. The molecule has 3 heteroatoms. The minimum Gasteiger partial charge on any atom is -0.492 e. The Kier molecular flexibility index (Phi) is 14.7. The number of likely N-dealkylation sites (N-methyl/N-ethyl adjacent to an activating group) is 1. The van der Waals surface area contributed by atoms with Crippen LogP contribution in [0.25, 0.3) is 11.1 Å². The van der Waals surface area contributed by atoms with Gasteiger partial charge in [-0.15, -0.1) is 0 Å². The van der Waals surface area contributed by atoms with Gasteiger partial charge < -0.3 is 9.64 Å². The van der Waals surface area contributed by atoms with Crippen molar-refractivity contribution in [2.75, 3.05) is 33.4 Å². The van der Waals surface area contributed by atoms with Crippen LogP contribution in [0.3, 0.4) is 0 Å². The zero-order chi connectivity index (χ0) is 30.8. The van der Waals surface area contributed by atoms with Crippen molar-refractivity contribution >= 4 is 25.0 Å². The smallest absolute Gasteiger partial charge is 0.119 e. The standard InChI is InChI=1S/C41H52NOP/c1-34-20-17-18-26-40(34)44-33-19-9-7-5-4-6-8-16-25-39(35-21-12-10-13-22-35)41(36-23-14-11-15-24-36)37-27-29-38(30-28-37)43-32-31-42(2)3/h10-15,17-18,20-24,26-30,44H,4-9,16,19,25,31-33H2,1-3H3/b41-39-. The van der Waals surface area contributed by atoms with Gasteiger partial charge in [0.2, 0.25) is 0 Å². The van der Waals surface area contributed by atoms with Crippen LogP contribution in [-0.2, 0) is 0 Å². The van der Waals surface area contributed by atoms with Gasteiger partial charge in [0.05, 0.1) is 0 Å². The molecule has 1 unspecified atom stereocenters. The van der Waals surface area contributed by atoms with Crippen LogP contribution in [0.5, 0.6) is 5.75 Å². The summed E-state index contributed by atoms with van der Waals surface area (Å²) in [7, 11) is 5.11. The van der Waals surface area contributed by atoms with Gasteiger partial charge in [-0.05, 0) is 97.3 Å². The zero-order valence-electron chi connectivity index (χ0n) is 27.2. The van der Waals surface area contributed by atoms with Gasteiger partial charge in [0.15, 0.2) is 0 Å². The second-order valence-electron chi connectivity index (χ2n) is 12.1. The summed E-state index contributed by atoms with van der Waals surface area (Å²) < 4.78 is 6.01. The average Bonchev–Trinajstić information content (AvgIpc) is 3.05. The largest absolute Gasteiger partial charge is 0.492 e. The Morgan fingerprint density at radius 2 is 1.14 bits per heavy atom. The topological polar surface area (TPSA) is 12.5 Å². The minimum absolute atomic E-state index is 0.692. The van der Waals surface area contributed by atoms with Crippen LogP contribution in [0.1, 0.15) is 80.0 Å². The first kappa shape index (κ1) is 33.7. The Morgan fingerprint density at radius 3 is 1.77 bits per heavy atom. The van der Waals surface area contributed by atoms with E-state index in [-0.39, 0.29) is 0 Å². The van der Waals surface area contributed by atoms with Gasteiger partial charge in [0.1, 0.15) is 12.4 Å². The first-order chi connectivity index (χ1) is 21.6. The van der Waals surface area contributed by atoms with Gasteiger partial charge in [-0.2, -0.15) is 0 Å². The van der Waals surface area contributed by atoms with Gasteiger partial charge in [-0.25, -0.2) is 0 Å². The molecule has 0 heterocycles. The van der Waals surface area contributed by atoms with Crippen molar-refractivity contribution in [1.82, 2.24) is 4.90 Å². The van der Waals surface area contributed by atoms with Crippen LogP contribution < -0.4 is 10.0 Å².